The van der Waals surface area contributed by atoms with Gasteiger partial charge in [-0.25, -0.2) is 0 Å². The van der Waals surface area contributed by atoms with E-state index >= 15 is 0 Å². The van der Waals surface area contributed by atoms with Crippen LogP contribution in [0.25, 0.3) is 0 Å². The minimum atomic E-state index is -0.539. The maximum atomic E-state index is 12.9. The summed E-state index contributed by atoms with van der Waals surface area (Å²) in [7, 11) is 1.60. The summed E-state index contributed by atoms with van der Waals surface area (Å²) >= 11 is 0. The number of amides is 1. The molecule has 1 atom stereocenters. The van der Waals surface area contributed by atoms with Gasteiger partial charge in [-0.3, -0.25) is 19.6 Å². The lowest BCUT2D eigenvalue weighted by molar-refractivity contribution is -0.385. The third kappa shape index (κ3) is 1.97. The number of anilines is 1. The van der Waals surface area contributed by atoms with Crippen LogP contribution in [0.2, 0.25) is 0 Å². The normalized spacial score (nSPS) is 16.7. The number of carbonyl (C=O) groups is 1. The van der Waals surface area contributed by atoms with E-state index in [1.54, 1.807) is 18.9 Å². The summed E-state index contributed by atoms with van der Waals surface area (Å²) in [5, 5.41) is 15.4. The quantitative estimate of drug-likeness (QED) is 0.629. The standard InChI is InChI=1S/C15H16N4O3/c1-9-8-11-6-4-5-7-12(11)18(9)15(20)13-14(19(21)22)10(2)17(3)16-13/h4-7,9H,8H2,1-3H3. The molecule has 0 saturated carbocycles. The molecule has 2 heterocycles. The molecule has 1 amide bonds. The van der Waals surface area contributed by atoms with Crippen LogP contribution < -0.4 is 4.90 Å². The molecule has 2 aromatic rings. The molecule has 22 heavy (non-hydrogen) atoms. The number of fused-ring (bicyclic) bond motifs is 1. The SMILES string of the molecule is Cc1c([N+](=O)[O-])c(C(=O)N2c3ccccc3CC2C)nn1C. The molecule has 3 rings (SSSR count). The Bertz CT molecular complexity index is 781. The predicted octanol–water partition coefficient (Wildman–Crippen LogP) is 2.23. The molecular weight excluding hydrogens is 284 g/mol. The van der Waals surface area contributed by atoms with Gasteiger partial charge in [-0.15, -0.1) is 0 Å². The monoisotopic (exact) mass is 300 g/mol. The molecule has 0 radical (unpaired) electrons. The Kier molecular flexibility index (Phi) is 3.20. The maximum absolute atomic E-state index is 12.9. The van der Waals surface area contributed by atoms with Gasteiger partial charge in [-0.05, 0) is 31.9 Å². The van der Waals surface area contributed by atoms with E-state index in [4.69, 9.17) is 0 Å². The average molecular weight is 300 g/mol. The van der Waals surface area contributed by atoms with Crippen LogP contribution >= 0.6 is 0 Å². The molecule has 1 aliphatic heterocycles. The van der Waals surface area contributed by atoms with E-state index in [2.05, 4.69) is 5.10 Å². The topological polar surface area (TPSA) is 81.3 Å². The van der Waals surface area contributed by atoms with E-state index in [0.717, 1.165) is 17.7 Å². The van der Waals surface area contributed by atoms with E-state index in [0.29, 0.717) is 5.69 Å². The van der Waals surface area contributed by atoms with Gasteiger partial charge in [0.1, 0.15) is 5.69 Å². The first-order valence-electron chi connectivity index (χ1n) is 7.01. The summed E-state index contributed by atoms with van der Waals surface area (Å²) in [6.07, 6.45) is 0.738. The molecule has 7 nitrogen and oxygen atoms in total. The summed E-state index contributed by atoms with van der Waals surface area (Å²) in [5.74, 6) is -0.423. The fourth-order valence-corrected chi connectivity index (χ4v) is 2.95. The van der Waals surface area contributed by atoms with Gasteiger partial charge >= 0.3 is 5.69 Å². The number of hydrogen-bond donors (Lipinski definition) is 0. The van der Waals surface area contributed by atoms with Crippen molar-refractivity contribution >= 4 is 17.3 Å². The van der Waals surface area contributed by atoms with E-state index in [1.165, 1.54) is 4.68 Å². The van der Waals surface area contributed by atoms with E-state index < -0.39 is 10.8 Å². The molecule has 0 N–H and O–H groups in total. The highest BCUT2D eigenvalue weighted by atomic mass is 16.6. The first kappa shape index (κ1) is 14.2. The number of carbonyl (C=O) groups excluding carboxylic acids is 1. The number of para-hydroxylation sites is 1. The lowest BCUT2D eigenvalue weighted by atomic mass is 10.1. The summed E-state index contributed by atoms with van der Waals surface area (Å²) in [5.41, 5.74) is 1.92. The molecule has 0 fully saturated rings. The van der Waals surface area contributed by atoms with Crippen molar-refractivity contribution in [3.05, 3.63) is 51.3 Å². The summed E-state index contributed by atoms with van der Waals surface area (Å²) < 4.78 is 1.37. The van der Waals surface area contributed by atoms with Crippen LogP contribution in [0.15, 0.2) is 24.3 Å². The fourth-order valence-electron chi connectivity index (χ4n) is 2.95. The third-order valence-electron chi connectivity index (χ3n) is 4.11. The van der Waals surface area contributed by atoms with Crippen molar-refractivity contribution in [1.82, 2.24) is 9.78 Å². The zero-order chi connectivity index (χ0) is 16.0. The fraction of sp³-hybridized carbons (Fsp3) is 0.333. The lowest BCUT2D eigenvalue weighted by Gasteiger charge is -2.21. The average Bonchev–Trinajstić information content (AvgIpc) is 2.95. The number of benzene rings is 1. The summed E-state index contributed by atoms with van der Waals surface area (Å²) in [6, 6.07) is 7.56. The van der Waals surface area contributed by atoms with Crippen LogP contribution in [0.1, 0.15) is 28.7 Å². The Labute approximate surface area is 127 Å². The molecule has 7 heteroatoms. The second kappa shape index (κ2) is 4.94. The highest BCUT2D eigenvalue weighted by Crippen LogP contribution is 2.34. The number of aromatic nitrogens is 2. The van der Waals surface area contributed by atoms with Gasteiger partial charge in [0.15, 0.2) is 0 Å². The van der Waals surface area contributed by atoms with Crippen molar-refractivity contribution in [2.24, 2.45) is 7.05 Å². The van der Waals surface area contributed by atoms with Gasteiger partial charge < -0.3 is 4.90 Å². The van der Waals surface area contributed by atoms with Crippen LogP contribution in [-0.4, -0.2) is 26.7 Å². The van der Waals surface area contributed by atoms with E-state index in [1.807, 2.05) is 31.2 Å². The molecule has 0 spiro atoms. The highest BCUT2D eigenvalue weighted by molar-refractivity contribution is 6.09. The second-order valence-corrected chi connectivity index (χ2v) is 5.52. The summed E-state index contributed by atoms with van der Waals surface area (Å²) in [4.78, 5) is 25.2. The van der Waals surface area contributed by atoms with Crippen LogP contribution in [0, 0.1) is 17.0 Å². The molecule has 0 saturated heterocycles. The van der Waals surface area contributed by atoms with E-state index in [9.17, 15) is 14.9 Å². The molecule has 114 valence electrons. The number of aryl methyl sites for hydroxylation is 1. The maximum Gasteiger partial charge on any atom is 0.322 e. The number of nitrogens with zero attached hydrogens (tertiary/aromatic N) is 4. The first-order chi connectivity index (χ1) is 10.4. The first-order valence-corrected chi connectivity index (χ1v) is 7.01. The minimum absolute atomic E-state index is 0.0492. The molecule has 1 aromatic heterocycles. The Hall–Kier alpha value is -2.70. The van der Waals surface area contributed by atoms with Crippen LogP contribution in [-0.2, 0) is 13.5 Å². The minimum Gasteiger partial charge on any atom is -0.303 e. The Morgan fingerprint density at radius 2 is 2.09 bits per heavy atom. The Morgan fingerprint density at radius 1 is 1.41 bits per heavy atom. The molecule has 0 bridgehead atoms. The number of rotatable bonds is 2. The van der Waals surface area contributed by atoms with Gasteiger partial charge in [0.2, 0.25) is 5.69 Å². The van der Waals surface area contributed by atoms with Crippen LogP contribution in [0.4, 0.5) is 11.4 Å². The summed E-state index contributed by atoms with van der Waals surface area (Å²) in [6.45, 7) is 3.52. The van der Waals surface area contributed by atoms with E-state index in [-0.39, 0.29) is 17.4 Å². The third-order valence-corrected chi connectivity index (χ3v) is 4.11. The molecule has 1 unspecified atom stereocenters. The largest absolute Gasteiger partial charge is 0.322 e. The zero-order valence-electron chi connectivity index (χ0n) is 12.6. The van der Waals surface area contributed by atoms with Crippen LogP contribution in [0.5, 0.6) is 0 Å². The van der Waals surface area contributed by atoms with Crippen molar-refractivity contribution in [2.75, 3.05) is 4.90 Å². The Morgan fingerprint density at radius 3 is 2.77 bits per heavy atom. The molecule has 1 aliphatic rings. The van der Waals surface area contributed by atoms with Gasteiger partial charge in [-0.2, -0.15) is 5.10 Å². The predicted molar refractivity (Wildman–Crippen MR) is 81.0 cm³/mol. The molecular formula is C15H16N4O3. The van der Waals surface area contributed by atoms with Crippen molar-refractivity contribution in [1.29, 1.82) is 0 Å². The van der Waals surface area contributed by atoms with Crippen molar-refractivity contribution in [2.45, 2.75) is 26.3 Å². The van der Waals surface area contributed by atoms with Crippen LogP contribution in [0.3, 0.4) is 0 Å². The van der Waals surface area contributed by atoms with Crippen molar-refractivity contribution in [3.8, 4) is 0 Å². The van der Waals surface area contributed by atoms with Gasteiger partial charge in [0, 0.05) is 18.8 Å². The van der Waals surface area contributed by atoms with Gasteiger partial charge in [-0.1, -0.05) is 18.2 Å². The van der Waals surface area contributed by atoms with Gasteiger partial charge in [0.25, 0.3) is 5.91 Å². The van der Waals surface area contributed by atoms with Crippen molar-refractivity contribution in [3.63, 3.8) is 0 Å². The number of hydrogen-bond acceptors (Lipinski definition) is 4. The Balaban J connectivity index is 2.09. The second-order valence-electron chi connectivity index (χ2n) is 5.52. The molecule has 0 aliphatic carbocycles. The van der Waals surface area contributed by atoms with Crippen molar-refractivity contribution < 1.29 is 9.72 Å². The number of nitro groups is 1. The highest BCUT2D eigenvalue weighted by Gasteiger charge is 2.37. The molecule has 1 aromatic carbocycles. The lowest BCUT2D eigenvalue weighted by Crippen LogP contribution is -2.36. The van der Waals surface area contributed by atoms with Gasteiger partial charge in [0.05, 0.1) is 4.92 Å². The zero-order valence-corrected chi connectivity index (χ0v) is 12.6. The smallest absolute Gasteiger partial charge is 0.303 e.